The summed E-state index contributed by atoms with van der Waals surface area (Å²) in [6.07, 6.45) is 0. The molecule has 0 atom stereocenters. The zero-order valence-electron chi connectivity index (χ0n) is 15.5. The molecule has 26 heavy (non-hydrogen) atoms. The Morgan fingerprint density at radius 2 is 1.85 bits per heavy atom. The Morgan fingerprint density at radius 3 is 2.42 bits per heavy atom. The second-order valence-electron chi connectivity index (χ2n) is 6.79. The Bertz CT molecular complexity index is 816. The summed E-state index contributed by atoms with van der Waals surface area (Å²) in [6.45, 7) is 7.76. The third-order valence-electron chi connectivity index (χ3n) is 3.23. The fourth-order valence-electron chi connectivity index (χ4n) is 2.03. The van der Waals surface area contributed by atoms with Gasteiger partial charge >= 0.3 is 5.97 Å². The lowest BCUT2D eigenvalue weighted by molar-refractivity contribution is 0.0594. The highest BCUT2D eigenvalue weighted by Gasteiger charge is 2.17. The first-order valence-electron chi connectivity index (χ1n) is 8.06. The molecule has 0 spiro atoms. The topological polar surface area (TPSA) is 108 Å². The van der Waals surface area contributed by atoms with Gasteiger partial charge in [0.25, 0.3) is 5.91 Å². The van der Waals surface area contributed by atoms with Gasteiger partial charge in [-0.2, -0.15) is 10.1 Å². The highest BCUT2D eigenvalue weighted by molar-refractivity contribution is 6.06. The molecular weight excluding hydrogens is 334 g/mol. The molecule has 8 heteroatoms. The number of aliphatic imine (C=N–C) groups is 1. The number of hydrogen-bond donors (Lipinski definition) is 3. The molecule has 3 N–H and O–H groups in total. The van der Waals surface area contributed by atoms with Crippen LogP contribution in [0.4, 0.5) is 5.82 Å². The fraction of sp³-hybridized carbons (Fsp3) is 0.333. The average Bonchev–Trinajstić information content (AvgIpc) is 3.01. The number of carbonyl (C=O) groups is 2. The maximum Gasteiger partial charge on any atom is 0.358 e. The van der Waals surface area contributed by atoms with Crippen molar-refractivity contribution in [1.29, 1.82) is 0 Å². The van der Waals surface area contributed by atoms with Crippen LogP contribution in [-0.2, 0) is 4.74 Å². The highest BCUT2D eigenvalue weighted by Crippen LogP contribution is 2.09. The summed E-state index contributed by atoms with van der Waals surface area (Å²) in [5.41, 5.74) is 1.31. The number of rotatable bonds is 3. The van der Waals surface area contributed by atoms with E-state index in [0.29, 0.717) is 11.4 Å². The molecule has 0 aliphatic rings. The van der Waals surface area contributed by atoms with Crippen molar-refractivity contribution in [3.63, 3.8) is 0 Å². The van der Waals surface area contributed by atoms with Crippen molar-refractivity contribution in [3.05, 3.63) is 47.2 Å². The molecule has 8 nitrogen and oxygen atoms in total. The molecule has 1 heterocycles. The van der Waals surface area contributed by atoms with Gasteiger partial charge in [-0.05, 0) is 39.8 Å². The van der Waals surface area contributed by atoms with E-state index in [2.05, 4.69) is 30.6 Å². The van der Waals surface area contributed by atoms with E-state index in [1.165, 1.54) is 13.2 Å². The predicted octanol–water partition coefficient (Wildman–Crippen LogP) is 2.50. The van der Waals surface area contributed by atoms with Crippen LogP contribution >= 0.6 is 0 Å². The quantitative estimate of drug-likeness (QED) is 0.442. The third-order valence-corrected chi connectivity index (χ3v) is 3.23. The number of benzene rings is 1. The molecule has 0 saturated carbocycles. The molecule has 0 aliphatic carbocycles. The number of anilines is 1. The zero-order chi connectivity index (χ0) is 19.3. The summed E-state index contributed by atoms with van der Waals surface area (Å²) in [4.78, 5) is 28.1. The summed E-state index contributed by atoms with van der Waals surface area (Å²) >= 11 is 0. The van der Waals surface area contributed by atoms with E-state index in [9.17, 15) is 9.59 Å². The Kier molecular flexibility index (Phi) is 5.76. The summed E-state index contributed by atoms with van der Waals surface area (Å²) in [7, 11) is 1.28. The van der Waals surface area contributed by atoms with E-state index < -0.39 is 11.9 Å². The van der Waals surface area contributed by atoms with Gasteiger partial charge in [0.05, 0.1) is 7.11 Å². The Labute approximate surface area is 152 Å². The molecule has 0 bridgehead atoms. The number of aromatic amines is 1. The molecule has 0 aliphatic heterocycles. The first kappa shape index (κ1) is 19.2. The summed E-state index contributed by atoms with van der Waals surface area (Å²) in [5, 5.41) is 12.6. The fourth-order valence-corrected chi connectivity index (χ4v) is 2.03. The molecule has 138 valence electrons. The van der Waals surface area contributed by atoms with E-state index in [1.54, 1.807) is 12.1 Å². The Morgan fingerprint density at radius 1 is 1.19 bits per heavy atom. The SMILES string of the molecule is COC(=O)c1cc(N/C(=N\C(=O)c2ccc(C)cc2)NC(C)(C)C)[nH]n1. The lowest BCUT2D eigenvalue weighted by Gasteiger charge is -2.23. The molecule has 2 rings (SSSR count). The minimum atomic E-state index is -0.563. The first-order chi connectivity index (χ1) is 12.2. The van der Waals surface area contributed by atoms with E-state index >= 15 is 0 Å². The van der Waals surface area contributed by atoms with Crippen LogP contribution in [0.3, 0.4) is 0 Å². The number of guanidine groups is 1. The van der Waals surface area contributed by atoms with Gasteiger partial charge in [-0.1, -0.05) is 17.7 Å². The Balaban J connectivity index is 2.25. The number of nitrogens with one attached hydrogen (secondary N) is 3. The minimum Gasteiger partial charge on any atom is -0.464 e. The monoisotopic (exact) mass is 357 g/mol. The number of esters is 1. The van der Waals surface area contributed by atoms with Crippen LogP contribution in [0.2, 0.25) is 0 Å². The first-order valence-corrected chi connectivity index (χ1v) is 8.06. The van der Waals surface area contributed by atoms with Crippen LogP contribution in [0.1, 0.15) is 47.2 Å². The maximum atomic E-state index is 12.4. The molecule has 0 unspecified atom stereocenters. The van der Waals surface area contributed by atoms with Gasteiger partial charge < -0.3 is 15.4 Å². The van der Waals surface area contributed by atoms with Crippen LogP contribution in [0, 0.1) is 6.92 Å². The number of hydrogen-bond acceptors (Lipinski definition) is 4. The molecule has 0 fully saturated rings. The van der Waals surface area contributed by atoms with Gasteiger partial charge in [-0.3, -0.25) is 9.89 Å². The smallest absolute Gasteiger partial charge is 0.358 e. The number of aryl methyl sites for hydroxylation is 1. The molecule has 0 saturated heterocycles. The van der Waals surface area contributed by atoms with Crippen LogP contribution < -0.4 is 10.6 Å². The van der Waals surface area contributed by atoms with Gasteiger partial charge in [-0.25, -0.2) is 4.79 Å². The van der Waals surface area contributed by atoms with Crippen LogP contribution in [0.5, 0.6) is 0 Å². The molecule has 2 aromatic rings. The van der Waals surface area contributed by atoms with Crippen molar-refractivity contribution >= 4 is 23.7 Å². The van der Waals surface area contributed by atoms with Crippen molar-refractivity contribution in [2.45, 2.75) is 33.2 Å². The largest absolute Gasteiger partial charge is 0.464 e. The second kappa shape index (κ2) is 7.81. The summed E-state index contributed by atoms with van der Waals surface area (Å²) in [6, 6.07) is 8.63. The number of aromatic nitrogens is 2. The van der Waals surface area contributed by atoms with E-state index in [-0.39, 0.29) is 17.2 Å². The van der Waals surface area contributed by atoms with Crippen molar-refractivity contribution < 1.29 is 14.3 Å². The number of ether oxygens (including phenoxy) is 1. The molecular formula is C18H23N5O3. The van der Waals surface area contributed by atoms with Gasteiger partial charge in [0.15, 0.2) is 5.69 Å². The molecule has 1 aromatic carbocycles. The van der Waals surface area contributed by atoms with Gasteiger partial charge in [-0.15, -0.1) is 0 Å². The number of methoxy groups -OCH3 is 1. The predicted molar refractivity (Wildman–Crippen MR) is 99.4 cm³/mol. The molecule has 1 aromatic heterocycles. The highest BCUT2D eigenvalue weighted by atomic mass is 16.5. The second-order valence-corrected chi connectivity index (χ2v) is 6.79. The average molecular weight is 357 g/mol. The minimum absolute atomic E-state index is 0.120. The molecule has 0 radical (unpaired) electrons. The summed E-state index contributed by atoms with van der Waals surface area (Å²) in [5.74, 6) is -0.315. The lowest BCUT2D eigenvalue weighted by atomic mass is 10.1. The number of nitrogens with zero attached hydrogens (tertiary/aromatic N) is 2. The van der Waals surface area contributed by atoms with Crippen LogP contribution in [-0.4, -0.2) is 40.7 Å². The standard InChI is InChI=1S/C18H23N5O3/c1-11-6-8-12(9-7-11)15(24)20-17(21-18(2,3)4)19-14-10-13(22-23-14)16(25)26-5/h6-10H,1-5H3,(H3,19,20,21,22,23,24). The van der Waals surface area contributed by atoms with Crippen LogP contribution in [0.25, 0.3) is 0 Å². The normalized spacial score (nSPS) is 11.8. The number of H-pyrrole nitrogens is 1. The summed E-state index contributed by atoms with van der Waals surface area (Å²) < 4.78 is 4.62. The van der Waals surface area contributed by atoms with Gasteiger partial charge in [0, 0.05) is 17.2 Å². The zero-order valence-corrected chi connectivity index (χ0v) is 15.5. The number of amides is 1. The van der Waals surface area contributed by atoms with Crippen molar-refractivity contribution in [2.24, 2.45) is 4.99 Å². The Hall–Kier alpha value is -3.16. The van der Waals surface area contributed by atoms with Crippen molar-refractivity contribution in [1.82, 2.24) is 15.5 Å². The van der Waals surface area contributed by atoms with Gasteiger partial charge in [0.2, 0.25) is 5.96 Å². The number of carbonyl (C=O) groups excluding carboxylic acids is 2. The van der Waals surface area contributed by atoms with Crippen LogP contribution in [0.15, 0.2) is 35.3 Å². The maximum absolute atomic E-state index is 12.4. The van der Waals surface area contributed by atoms with Crippen molar-refractivity contribution in [2.75, 3.05) is 12.4 Å². The van der Waals surface area contributed by atoms with Crippen molar-refractivity contribution in [3.8, 4) is 0 Å². The van der Waals surface area contributed by atoms with E-state index in [1.807, 2.05) is 39.8 Å². The molecule has 1 amide bonds. The van der Waals surface area contributed by atoms with Gasteiger partial charge in [0.1, 0.15) is 5.82 Å². The lowest BCUT2D eigenvalue weighted by Crippen LogP contribution is -2.44. The van der Waals surface area contributed by atoms with E-state index in [4.69, 9.17) is 0 Å². The third kappa shape index (κ3) is 5.44. The van der Waals surface area contributed by atoms with E-state index in [0.717, 1.165) is 5.56 Å².